The highest BCUT2D eigenvalue weighted by atomic mass is 16.1. The van der Waals surface area contributed by atoms with Crippen molar-refractivity contribution in [2.75, 3.05) is 20.1 Å². The molecule has 2 aromatic carbocycles. The number of aryl methyl sites for hydroxylation is 1. The van der Waals surface area contributed by atoms with Gasteiger partial charge in [0.05, 0.1) is 22.1 Å². The van der Waals surface area contributed by atoms with Gasteiger partial charge >= 0.3 is 0 Å². The molecule has 0 bridgehead atoms. The summed E-state index contributed by atoms with van der Waals surface area (Å²) in [5, 5.41) is 6.01. The zero-order valence-corrected chi connectivity index (χ0v) is 16.0. The van der Waals surface area contributed by atoms with E-state index in [4.69, 9.17) is 0 Å². The molecule has 5 rings (SSSR count). The van der Waals surface area contributed by atoms with Crippen LogP contribution in [0.3, 0.4) is 0 Å². The van der Waals surface area contributed by atoms with E-state index in [2.05, 4.69) is 28.1 Å². The van der Waals surface area contributed by atoms with Crippen LogP contribution < -0.4 is 5.56 Å². The number of rotatable bonds is 2. The molecule has 0 unspecified atom stereocenters. The largest absolute Gasteiger partial charge is 0.302 e. The fraction of sp³-hybridized carbons (Fsp3) is 0.227. The minimum absolute atomic E-state index is 0.0582. The first-order valence-corrected chi connectivity index (χ1v) is 9.42. The van der Waals surface area contributed by atoms with Gasteiger partial charge in [-0.15, -0.1) is 0 Å². The molecule has 28 heavy (non-hydrogen) atoms. The number of hydrogen-bond donors (Lipinski definition) is 0. The second kappa shape index (κ2) is 6.42. The van der Waals surface area contributed by atoms with Gasteiger partial charge in [-0.25, -0.2) is 4.98 Å². The smallest absolute Gasteiger partial charge is 0.265 e. The van der Waals surface area contributed by atoms with E-state index in [1.807, 2.05) is 49.6 Å². The molecule has 3 heterocycles. The van der Waals surface area contributed by atoms with Crippen LogP contribution in [0.15, 0.2) is 59.8 Å². The maximum atomic E-state index is 13.1. The van der Waals surface area contributed by atoms with E-state index in [9.17, 15) is 4.79 Å². The molecule has 0 saturated heterocycles. The predicted octanol–water partition coefficient (Wildman–Crippen LogP) is 2.99. The Labute approximate surface area is 162 Å². The average Bonchev–Trinajstić information content (AvgIpc) is 3.08. The Morgan fingerprint density at radius 1 is 1.04 bits per heavy atom. The Kier molecular flexibility index (Phi) is 3.87. The van der Waals surface area contributed by atoms with E-state index in [0.29, 0.717) is 5.39 Å². The minimum Gasteiger partial charge on any atom is -0.302 e. The summed E-state index contributed by atoms with van der Waals surface area (Å²) in [5.41, 5.74) is 4.86. The van der Waals surface area contributed by atoms with Crippen LogP contribution in [0.2, 0.25) is 0 Å². The van der Waals surface area contributed by atoms with Crippen molar-refractivity contribution in [1.82, 2.24) is 24.2 Å². The van der Waals surface area contributed by atoms with E-state index >= 15 is 0 Å². The maximum absolute atomic E-state index is 13.1. The number of hydrogen-bond acceptors (Lipinski definition) is 4. The van der Waals surface area contributed by atoms with Crippen LogP contribution >= 0.6 is 0 Å². The Morgan fingerprint density at radius 2 is 1.93 bits per heavy atom. The summed E-state index contributed by atoms with van der Waals surface area (Å²) < 4.78 is 3.37. The van der Waals surface area contributed by atoms with Gasteiger partial charge in [0.1, 0.15) is 6.33 Å². The second-order valence-corrected chi connectivity index (χ2v) is 7.44. The van der Waals surface area contributed by atoms with Crippen LogP contribution in [-0.4, -0.2) is 44.4 Å². The van der Waals surface area contributed by atoms with Gasteiger partial charge in [-0.1, -0.05) is 12.1 Å². The SMILES string of the molecule is CN1CC=C(c2ccc3c(=O)n(-c4ccc5nn(C)cc5c4)cnc3c2)CC1. The molecule has 0 aliphatic carbocycles. The minimum atomic E-state index is -0.0582. The van der Waals surface area contributed by atoms with Crippen LogP contribution in [0.5, 0.6) is 0 Å². The molecular weight excluding hydrogens is 350 g/mol. The van der Waals surface area contributed by atoms with Gasteiger partial charge in [0.25, 0.3) is 5.56 Å². The molecule has 4 aromatic rings. The lowest BCUT2D eigenvalue weighted by Gasteiger charge is -2.22. The van der Waals surface area contributed by atoms with Gasteiger partial charge in [-0.3, -0.25) is 14.0 Å². The molecule has 1 aliphatic heterocycles. The van der Waals surface area contributed by atoms with Crippen molar-refractivity contribution in [2.45, 2.75) is 6.42 Å². The Morgan fingerprint density at radius 3 is 2.75 bits per heavy atom. The number of likely N-dealkylation sites (N-methyl/N-ethyl adjacent to an activating group) is 1. The maximum Gasteiger partial charge on any atom is 0.265 e. The molecule has 1 aliphatic rings. The molecule has 0 radical (unpaired) electrons. The van der Waals surface area contributed by atoms with Crippen molar-refractivity contribution in [2.24, 2.45) is 7.05 Å². The number of fused-ring (bicyclic) bond motifs is 2. The van der Waals surface area contributed by atoms with E-state index in [1.54, 1.807) is 15.6 Å². The monoisotopic (exact) mass is 371 g/mol. The first-order valence-electron chi connectivity index (χ1n) is 9.42. The van der Waals surface area contributed by atoms with Crippen LogP contribution in [0.4, 0.5) is 0 Å². The molecular formula is C22H21N5O. The first kappa shape index (κ1) is 16.9. The number of aromatic nitrogens is 4. The summed E-state index contributed by atoms with van der Waals surface area (Å²) in [4.78, 5) is 20.0. The molecule has 140 valence electrons. The molecule has 0 saturated carbocycles. The third-order valence-electron chi connectivity index (χ3n) is 5.42. The highest BCUT2D eigenvalue weighted by Crippen LogP contribution is 2.24. The van der Waals surface area contributed by atoms with Crippen molar-refractivity contribution in [1.29, 1.82) is 0 Å². The summed E-state index contributed by atoms with van der Waals surface area (Å²) >= 11 is 0. The quantitative estimate of drug-likeness (QED) is 0.544. The Bertz CT molecular complexity index is 1300. The predicted molar refractivity (Wildman–Crippen MR) is 112 cm³/mol. The van der Waals surface area contributed by atoms with Gasteiger partial charge in [0.2, 0.25) is 0 Å². The van der Waals surface area contributed by atoms with Crippen molar-refractivity contribution in [3.63, 3.8) is 0 Å². The summed E-state index contributed by atoms with van der Waals surface area (Å²) in [7, 11) is 4.02. The molecule has 0 amide bonds. The summed E-state index contributed by atoms with van der Waals surface area (Å²) in [6, 6.07) is 11.8. The van der Waals surface area contributed by atoms with E-state index < -0.39 is 0 Å². The number of benzene rings is 2. The Hall–Kier alpha value is -3.25. The third kappa shape index (κ3) is 2.82. The van der Waals surface area contributed by atoms with Gasteiger partial charge in [0.15, 0.2) is 0 Å². The highest BCUT2D eigenvalue weighted by Gasteiger charge is 2.12. The van der Waals surface area contributed by atoms with Gasteiger partial charge in [-0.2, -0.15) is 5.10 Å². The van der Waals surface area contributed by atoms with Gasteiger partial charge < -0.3 is 4.90 Å². The summed E-state index contributed by atoms with van der Waals surface area (Å²) in [5.74, 6) is 0. The molecule has 0 N–H and O–H groups in total. The first-order chi connectivity index (χ1) is 13.6. The fourth-order valence-electron chi connectivity index (χ4n) is 3.82. The topological polar surface area (TPSA) is 56.0 Å². The Balaban J connectivity index is 1.58. The highest BCUT2D eigenvalue weighted by molar-refractivity contribution is 5.84. The fourth-order valence-corrected chi connectivity index (χ4v) is 3.82. The molecule has 6 heteroatoms. The summed E-state index contributed by atoms with van der Waals surface area (Å²) in [6.07, 6.45) is 6.84. The van der Waals surface area contributed by atoms with Crippen molar-refractivity contribution in [3.05, 3.63) is 70.9 Å². The third-order valence-corrected chi connectivity index (χ3v) is 5.42. The number of nitrogens with zero attached hydrogens (tertiary/aromatic N) is 5. The van der Waals surface area contributed by atoms with Crippen molar-refractivity contribution in [3.8, 4) is 5.69 Å². The average molecular weight is 371 g/mol. The molecule has 0 fully saturated rings. The lowest BCUT2D eigenvalue weighted by molar-refractivity contribution is 0.370. The van der Waals surface area contributed by atoms with Crippen LogP contribution in [-0.2, 0) is 7.05 Å². The normalized spacial score (nSPS) is 15.3. The van der Waals surface area contributed by atoms with Gasteiger partial charge in [-0.05, 0) is 54.9 Å². The van der Waals surface area contributed by atoms with E-state index in [-0.39, 0.29) is 5.56 Å². The zero-order valence-electron chi connectivity index (χ0n) is 16.0. The van der Waals surface area contributed by atoms with Gasteiger partial charge in [0, 0.05) is 31.7 Å². The lowest BCUT2D eigenvalue weighted by atomic mass is 9.98. The zero-order chi connectivity index (χ0) is 19.3. The second-order valence-electron chi connectivity index (χ2n) is 7.44. The lowest BCUT2D eigenvalue weighted by Crippen LogP contribution is -2.23. The summed E-state index contributed by atoms with van der Waals surface area (Å²) in [6.45, 7) is 2.01. The standard InChI is InChI=1S/C22H21N5O/c1-25-9-7-15(8-10-25)16-3-5-19-21(12-16)23-14-27(22(19)28)18-4-6-20-17(11-18)13-26(2)24-20/h3-7,11-14H,8-10H2,1-2H3. The van der Waals surface area contributed by atoms with E-state index in [1.165, 1.54) is 5.57 Å². The molecule has 0 spiro atoms. The van der Waals surface area contributed by atoms with Crippen molar-refractivity contribution >= 4 is 27.4 Å². The van der Waals surface area contributed by atoms with E-state index in [0.717, 1.165) is 47.2 Å². The van der Waals surface area contributed by atoms with Crippen LogP contribution in [0, 0.1) is 0 Å². The molecule has 0 atom stereocenters. The molecule has 6 nitrogen and oxygen atoms in total. The molecule has 2 aromatic heterocycles. The van der Waals surface area contributed by atoms with Crippen LogP contribution in [0.1, 0.15) is 12.0 Å². The van der Waals surface area contributed by atoms with Crippen LogP contribution in [0.25, 0.3) is 33.1 Å². The van der Waals surface area contributed by atoms with Crippen molar-refractivity contribution < 1.29 is 0 Å².